The third-order valence-electron chi connectivity index (χ3n) is 9.23. The van der Waals surface area contributed by atoms with Gasteiger partial charge in [-0.2, -0.15) is 0 Å². The number of fused-ring (bicyclic) bond motifs is 1. The molecule has 0 aromatic carbocycles. The van der Waals surface area contributed by atoms with Gasteiger partial charge in [0.1, 0.15) is 0 Å². The number of rotatable bonds is 9. The Morgan fingerprint density at radius 2 is 1.27 bits per heavy atom. The first kappa shape index (κ1) is 32.9. The average molecular weight is 553 g/mol. The maximum absolute atomic E-state index is 6.56. The van der Waals surface area contributed by atoms with Gasteiger partial charge in [0.25, 0.3) is 0 Å². The molecule has 0 bridgehead atoms. The molecule has 222 valence electrons. The fourth-order valence-corrected chi connectivity index (χ4v) is 6.67. The Balaban J connectivity index is 1.51. The molecule has 0 aromatic rings. The van der Waals surface area contributed by atoms with Gasteiger partial charge in [0.2, 0.25) is 0 Å². The predicted octanol–water partition coefficient (Wildman–Crippen LogP) is 11.8. The van der Waals surface area contributed by atoms with Crippen LogP contribution in [0.5, 0.6) is 0 Å². The monoisotopic (exact) mass is 552 g/mol. The van der Waals surface area contributed by atoms with Gasteiger partial charge in [0, 0.05) is 0 Å². The average Bonchev–Trinajstić information content (AvgIpc) is 3.25. The van der Waals surface area contributed by atoms with Crippen molar-refractivity contribution in [2.45, 2.75) is 119 Å². The summed E-state index contributed by atoms with van der Waals surface area (Å²) < 4.78 is 6.56. The van der Waals surface area contributed by atoms with Crippen LogP contribution in [-0.2, 0) is 4.74 Å². The Bertz CT molecular complexity index is 1260. The summed E-state index contributed by atoms with van der Waals surface area (Å²) in [6, 6.07) is 0. The lowest BCUT2D eigenvalue weighted by molar-refractivity contribution is -0.0307. The molecule has 0 N–H and O–H groups in total. The maximum atomic E-state index is 6.56. The Morgan fingerprint density at radius 1 is 0.707 bits per heavy atom. The lowest BCUT2D eigenvalue weighted by Gasteiger charge is -2.42. The van der Waals surface area contributed by atoms with E-state index in [0.29, 0.717) is 0 Å². The van der Waals surface area contributed by atoms with Gasteiger partial charge < -0.3 is 4.74 Å². The quantitative estimate of drug-likeness (QED) is 0.204. The molecule has 0 saturated heterocycles. The minimum Gasteiger partial charge on any atom is -0.359 e. The molecule has 0 spiro atoms. The van der Waals surface area contributed by atoms with Crippen molar-refractivity contribution in [1.29, 1.82) is 0 Å². The molecule has 2 unspecified atom stereocenters. The van der Waals surface area contributed by atoms with Crippen LogP contribution in [0.3, 0.4) is 0 Å². The first-order chi connectivity index (χ1) is 19.2. The van der Waals surface area contributed by atoms with E-state index in [9.17, 15) is 0 Å². The van der Waals surface area contributed by atoms with Crippen molar-refractivity contribution in [3.05, 3.63) is 118 Å². The minimum absolute atomic E-state index is 0.0858. The van der Waals surface area contributed by atoms with Gasteiger partial charge in [0.05, 0.1) is 11.7 Å². The Hall–Kier alpha value is -2.64. The molecule has 2 atom stereocenters. The smallest absolute Gasteiger partial charge is 0.0982 e. The van der Waals surface area contributed by atoms with E-state index in [2.05, 4.69) is 148 Å². The summed E-state index contributed by atoms with van der Waals surface area (Å²) in [6.07, 6.45) is 36.0. The molecule has 1 nitrogen and oxygen atoms in total. The van der Waals surface area contributed by atoms with Gasteiger partial charge in [-0.05, 0) is 114 Å². The molecule has 1 fully saturated rings. The molecule has 0 amide bonds. The Labute approximate surface area is 252 Å². The largest absolute Gasteiger partial charge is 0.359 e. The van der Waals surface area contributed by atoms with Crippen LogP contribution in [0.2, 0.25) is 0 Å². The van der Waals surface area contributed by atoms with E-state index in [1.807, 2.05) is 0 Å². The Morgan fingerprint density at radius 3 is 1.88 bits per heavy atom. The van der Waals surface area contributed by atoms with E-state index in [4.69, 9.17) is 4.74 Å². The second kappa shape index (κ2) is 14.0. The topological polar surface area (TPSA) is 9.23 Å². The van der Waals surface area contributed by atoms with Crippen LogP contribution in [0.1, 0.15) is 108 Å². The molecule has 3 aliphatic rings. The molecule has 1 heterocycles. The van der Waals surface area contributed by atoms with Crippen LogP contribution in [-0.4, -0.2) is 11.7 Å². The first-order valence-electron chi connectivity index (χ1n) is 15.7. The zero-order valence-electron chi connectivity index (χ0n) is 27.7. The normalized spacial score (nSPS) is 28.0. The zero-order valence-corrected chi connectivity index (χ0v) is 27.7. The van der Waals surface area contributed by atoms with Crippen LogP contribution in [0.25, 0.3) is 0 Å². The van der Waals surface area contributed by atoms with Crippen molar-refractivity contribution in [1.82, 2.24) is 0 Å². The summed E-state index contributed by atoms with van der Waals surface area (Å²) >= 11 is 0. The molecule has 1 saturated carbocycles. The van der Waals surface area contributed by atoms with Gasteiger partial charge in [-0.15, -0.1) is 0 Å². The third-order valence-corrected chi connectivity index (χ3v) is 9.23. The summed E-state index contributed by atoms with van der Waals surface area (Å²) in [6.45, 7) is 22.7. The van der Waals surface area contributed by atoms with Crippen LogP contribution >= 0.6 is 0 Å². The Kier molecular flexibility index (Phi) is 11.2. The summed E-state index contributed by atoms with van der Waals surface area (Å²) in [7, 11) is 0. The third kappa shape index (κ3) is 9.17. The van der Waals surface area contributed by atoms with Crippen molar-refractivity contribution in [2.75, 3.05) is 0 Å². The lowest BCUT2D eigenvalue weighted by Crippen LogP contribution is -2.39. The van der Waals surface area contributed by atoms with Crippen LogP contribution in [0.4, 0.5) is 0 Å². The summed E-state index contributed by atoms with van der Waals surface area (Å²) in [5, 5.41) is 0. The highest BCUT2D eigenvalue weighted by Crippen LogP contribution is 2.51. The standard InChI is InChI=1S/C40H56O/c1-30(19-13-20-32(3)24-25-35-33(4)23-15-26-38(35,6)7)17-11-12-18-31(2)21-14-22-34(5)36-29-37-39(8,9)27-16-28-40(37,10)41-36/h11-14,17-22,24-25,29,36H,15-16,23,26-28H2,1-10H3/b12-11+,19-13+,21-14+,25-24+,30-17+,31-18+,32-20+,34-22-. The fourth-order valence-electron chi connectivity index (χ4n) is 6.67. The molecule has 41 heavy (non-hydrogen) atoms. The van der Waals surface area contributed by atoms with Gasteiger partial charge in [0.15, 0.2) is 0 Å². The lowest BCUT2D eigenvalue weighted by atomic mass is 9.67. The maximum Gasteiger partial charge on any atom is 0.0982 e. The highest BCUT2D eigenvalue weighted by Gasteiger charge is 2.47. The van der Waals surface area contributed by atoms with Crippen molar-refractivity contribution in [3.8, 4) is 0 Å². The van der Waals surface area contributed by atoms with Gasteiger partial charge in [-0.1, -0.05) is 123 Å². The molecule has 1 aliphatic heterocycles. The van der Waals surface area contributed by atoms with Crippen molar-refractivity contribution in [2.24, 2.45) is 10.8 Å². The van der Waals surface area contributed by atoms with E-state index in [1.165, 1.54) is 65.5 Å². The number of hydrogen-bond acceptors (Lipinski definition) is 1. The molecule has 3 rings (SSSR count). The molecule has 1 heteroatoms. The van der Waals surface area contributed by atoms with E-state index >= 15 is 0 Å². The highest BCUT2D eigenvalue weighted by molar-refractivity contribution is 5.38. The summed E-state index contributed by atoms with van der Waals surface area (Å²) in [5.41, 5.74) is 9.97. The summed E-state index contributed by atoms with van der Waals surface area (Å²) in [4.78, 5) is 0. The number of hydrogen-bond donors (Lipinski definition) is 0. The van der Waals surface area contributed by atoms with E-state index < -0.39 is 0 Å². The van der Waals surface area contributed by atoms with E-state index in [0.717, 1.165) is 6.42 Å². The van der Waals surface area contributed by atoms with Gasteiger partial charge in [-0.3, -0.25) is 0 Å². The molecular weight excluding hydrogens is 496 g/mol. The van der Waals surface area contributed by atoms with Gasteiger partial charge in [-0.25, -0.2) is 0 Å². The minimum atomic E-state index is -0.0952. The van der Waals surface area contributed by atoms with Crippen LogP contribution in [0, 0.1) is 10.8 Å². The second-order valence-electron chi connectivity index (χ2n) is 14.1. The predicted molar refractivity (Wildman–Crippen MR) is 181 cm³/mol. The SMILES string of the molecule is CC1=C(/C=C/C(C)=C/C=C/C(C)=C/C=C/C=C(C)/C=C/C=C(/C)C2C=C3C(C)(C)CCCC3(C)O2)C(C)(C)CCC1. The van der Waals surface area contributed by atoms with E-state index in [-0.39, 0.29) is 22.5 Å². The van der Waals surface area contributed by atoms with E-state index in [1.54, 1.807) is 5.57 Å². The van der Waals surface area contributed by atoms with Gasteiger partial charge >= 0.3 is 0 Å². The number of allylic oxidation sites excluding steroid dienone is 17. The number of ether oxygens (including phenoxy) is 1. The van der Waals surface area contributed by atoms with Crippen molar-refractivity contribution < 1.29 is 4.74 Å². The second-order valence-corrected chi connectivity index (χ2v) is 14.1. The molecular formula is C40H56O. The fraction of sp³-hybridized carbons (Fsp3) is 0.500. The summed E-state index contributed by atoms with van der Waals surface area (Å²) in [5.74, 6) is 0. The highest BCUT2D eigenvalue weighted by atomic mass is 16.5. The van der Waals surface area contributed by atoms with Crippen LogP contribution in [0.15, 0.2) is 118 Å². The van der Waals surface area contributed by atoms with Crippen molar-refractivity contribution in [3.63, 3.8) is 0 Å². The van der Waals surface area contributed by atoms with Crippen molar-refractivity contribution >= 4 is 0 Å². The van der Waals surface area contributed by atoms with Crippen LogP contribution < -0.4 is 0 Å². The molecule has 0 aromatic heterocycles. The first-order valence-corrected chi connectivity index (χ1v) is 15.7. The molecule has 0 radical (unpaired) electrons. The molecule has 2 aliphatic carbocycles. The zero-order chi connectivity index (χ0) is 30.3.